The van der Waals surface area contributed by atoms with E-state index in [4.69, 9.17) is 0 Å². The second kappa shape index (κ2) is 7.09. The van der Waals surface area contributed by atoms with Crippen LogP contribution in [0.25, 0.3) is 0 Å². The van der Waals surface area contributed by atoms with E-state index in [1.54, 1.807) is 0 Å². The molecule has 0 N–H and O–H groups in total. The molecule has 1 aliphatic heterocycles. The Morgan fingerprint density at radius 3 is 1.31 bits per heavy atom. The van der Waals surface area contributed by atoms with Crippen LogP contribution in [0.15, 0.2) is 25.0 Å². The molecule has 0 saturated heterocycles. The average Bonchev–Trinajstić information content (AvgIpc) is 2.06. The second-order valence-corrected chi connectivity index (χ2v) is 2.40. The highest BCUT2D eigenvalue weighted by Gasteiger charge is 1.94. The van der Waals surface area contributed by atoms with Crippen LogP contribution in [0.1, 0.15) is 20.3 Å². The van der Waals surface area contributed by atoms with E-state index in [1.807, 2.05) is 0 Å². The molecule has 0 radical (unpaired) electrons. The number of hydrogen-bond donors (Lipinski definition) is 0. The molecule has 13 heavy (non-hydrogen) atoms. The highest BCUT2D eigenvalue weighted by atomic mass is 16.5. The fourth-order valence-corrected chi connectivity index (χ4v) is 0.570. The first-order chi connectivity index (χ1) is 6.13. The van der Waals surface area contributed by atoms with Crippen LogP contribution < -0.4 is 0 Å². The predicted molar refractivity (Wildman–Crippen MR) is 46.4 cm³/mol. The third kappa shape index (κ3) is 10.4. The summed E-state index contributed by atoms with van der Waals surface area (Å²) in [5, 5.41) is 0. The van der Waals surface area contributed by atoms with Crippen molar-refractivity contribution in [3.05, 3.63) is 25.0 Å². The van der Waals surface area contributed by atoms with E-state index in [9.17, 15) is 9.59 Å². The zero-order chi connectivity index (χ0) is 10.1. The first-order valence-electron chi connectivity index (χ1n) is 3.72. The van der Waals surface area contributed by atoms with Crippen LogP contribution in [-0.4, -0.2) is 11.6 Å². The maximum atomic E-state index is 10.0. The molecule has 0 fully saturated rings. The van der Waals surface area contributed by atoms with E-state index in [1.165, 1.54) is 38.9 Å². The van der Waals surface area contributed by atoms with Crippen LogP contribution in [0, 0.1) is 0 Å². The third-order valence-corrected chi connectivity index (χ3v) is 0.923. The molecule has 0 atom stereocenters. The van der Waals surface area contributed by atoms with Gasteiger partial charge in [-0.25, -0.2) is 0 Å². The summed E-state index contributed by atoms with van der Waals surface area (Å²) < 4.78 is 9.17. The maximum absolute atomic E-state index is 10.0. The highest BCUT2D eigenvalue weighted by Crippen LogP contribution is 1.89. The number of carbonyl (C=O) groups is 2. The summed E-state index contributed by atoms with van der Waals surface area (Å²) in [6, 6.07) is 0. The van der Waals surface area contributed by atoms with Crippen LogP contribution in [0.4, 0.5) is 0 Å². The van der Waals surface area contributed by atoms with Gasteiger partial charge in [0.2, 0.25) is 0 Å². The first-order valence-corrected chi connectivity index (χ1v) is 3.72. The smallest absolute Gasteiger partial charge is 0.137 e. The third-order valence-electron chi connectivity index (χ3n) is 0.923. The number of ketones is 2. The molecule has 4 nitrogen and oxygen atoms in total. The van der Waals surface area contributed by atoms with Gasteiger partial charge in [-0.2, -0.15) is 0 Å². The standard InChI is InChI=1S/C5H8O2.C4H4O2/c1-4(6)3-5(2)7;1-2-6-4-3-5-1/h3H2,1-2H3;1-4H. The van der Waals surface area contributed by atoms with Crippen molar-refractivity contribution < 1.29 is 19.1 Å². The van der Waals surface area contributed by atoms with Crippen molar-refractivity contribution in [2.45, 2.75) is 20.3 Å². The van der Waals surface area contributed by atoms with Gasteiger partial charge >= 0.3 is 0 Å². The topological polar surface area (TPSA) is 52.6 Å². The Kier molecular flexibility index (Phi) is 6.23. The highest BCUT2D eigenvalue weighted by molar-refractivity contribution is 5.96. The number of Topliss-reactive ketones (excluding diaryl/α,β-unsaturated/α-hetero) is 2. The second-order valence-electron chi connectivity index (χ2n) is 2.40. The van der Waals surface area contributed by atoms with Crippen molar-refractivity contribution in [1.82, 2.24) is 0 Å². The number of hydrogen-bond acceptors (Lipinski definition) is 4. The van der Waals surface area contributed by atoms with Gasteiger partial charge in [0.05, 0.1) is 6.42 Å². The van der Waals surface area contributed by atoms with Gasteiger partial charge < -0.3 is 9.47 Å². The number of carbonyl (C=O) groups excluding carboxylic acids is 2. The van der Waals surface area contributed by atoms with Gasteiger partial charge in [0.1, 0.15) is 36.6 Å². The predicted octanol–water partition coefficient (Wildman–Crippen LogP) is 1.53. The molecule has 0 unspecified atom stereocenters. The number of rotatable bonds is 2. The lowest BCUT2D eigenvalue weighted by molar-refractivity contribution is -0.124. The molecule has 1 aliphatic rings. The molecule has 72 valence electrons. The van der Waals surface area contributed by atoms with Crippen molar-refractivity contribution in [2.24, 2.45) is 0 Å². The fourth-order valence-electron chi connectivity index (χ4n) is 0.570. The molecule has 1 rings (SSSR count). The van der Waals surface area contributed by atoms with E-state index in [2.05, 4.69) is 9.47 Å². The molecule has 0 saturated carbocycles. The minimum atomic E-state index is -0.0625. The maximum Gasteiger partial charge on any atom is 0.137 e. The lowest BCUT2D eigenvalue weighted by Gasteiger charge is -1.94. The van der Waals surface area contributed by atoms with Gasteiger partial charge in [-0.3, -0.25) is 9.59 Å². The molecule has 0 spiro atoms. The van der Waals surface area contributed by atoms with Gasteiger partial charge in [-0.1, -0.05) is 0 Å². The molecule has 0 bridgehead atoms. The van der Waals surface area contributed by atoms with Gasteiger partial charge in [-0.05, 0) is 13.8 Å². The van der Waals surface area contributed by atoms with Gasteiger partial charge in [0, 0.05) is 0 Å². The van der Waals surface area contributed by atoms with Crippen LogP contribution in [0.2, 0.25) is 0 Å². The van der Waals surface area contributed by atoms with Crippen molar-refractivity contribution >= 4 is 11.6 Å². The van der Waals surface area contributed by atoms with E-state index in [-0.39, 0.29) is 18.0 Å². The zero-order valence-corrected chi connectivity index (χ0v) is 7.65. The monoisotopic (exact) mass is 184 g/mol. The molecular formula is C9H12O4. The summed E-state index contributed by atoms with van der Waals surface area (Å²) in [5.41, 5.74) is 0. The first kappa shape index (κ1) is 11.4. The molecular weight excluding hydrogens is 172 g/mol. The largest absolute Gasteiger partial charge is 0.466 e. The van der Waals surface area contributed by atoms with Crippen LogP contribution >= 0.6 is 0 Å². The Bertz CT molecular complexity index is 196. The molecule has 0 aromatic carbocycles. The molecule has 0 aromatic heterocycles. The lowest BCUT2D eigenvalue weighted by Crippen LogP contribution is -1.97. The van der Waals surface area contributed by atoms with Crippen LogP contribution in [0.3, 0.4) is 0 Å². The summed E-state index contributed by atoms with van der Waals surface area (Å²) >= 11 is 0. The van der Waals surface area contributed by atoms with Crippen molar-refractivity contribution in [2.75, 3.05) is 0 Å². The SMILES string of the molecule is C1=COC=CO1.CC(=O)CC(C)=O. The van der Waals surface area contributed by atoms with Crippen molar-refractivity contribution in [1.29, 1.82) is 0 Å². The quantitative estimate of drug-likeness (QED) is 0.610. The van der Waals surface area contributed by atoms with E-state index < -0.39 is 0 Å². The van der Waals surface area contributed by atoms with Gasteiger partial charge in [-0.15, -0.1) is 0 Å². The fraction of sp³-hybridized carbons (Fsp3) is 0.333. The van der Waals surface area contributed by atoms with Crippen LogP contribution in [0.5, 0.6) is 0 Å². The molecule has 0 aliphatic carbocycles. The van der Waals surface area contributed by atoms with Crippen LogP contribution in [-0.2, 0) is 19.1 Å². The minimum Gasteiger partial charge on any atom is -0.466 e. The molecule has 0 aromatic rings. The lowest BCUT2D eigenvalue weighted by atomic mass is 10.2. The molecule has 0 amide bonds. The average molecular weight is 184 g/mol. The summed E-state index contributed by atoms with van der Waals surface area (Å²) in [4.78, 5) is 20.1. The molecule has 1 heterocycles. The Balaban J connectivity index is 0.000000223. The Morgan fingerprint density at radius 1 is 0.923 bits per heavy atom. The zero-order valence-electron chi connectivity index (χ0n) is 7.65. The Labute approximate surface area is 76.8 Å². The summed E-state index contributed by atoms with van der Waals surface area (Å²) in [6.07, 6.45) is 5.92. The van der Waals surface area contributed by atoms with Gasteiger partial charge in [0.15, 0.2) is 0 Å². The normalized spacial score (nSPS) is 11.8. The number of ether oxygens (including phenoxy) is 2. The van der Waals surface area contributed by atoms with E-state index in [0.717, 1.165) is 0 Å². The van der Waals surface area contributed by atoms with Crippen molar-refractivity contribution in [3.63, 3.8) is 0 Å². The molecule has 4 heteroatoms. The van der Waals surface area contributed by atoms with Gasteiger partial charge in [0.25, 0.3) is 0 Å². The Hall–Kier alpha value is -1.58. The van der Waals surface area contributed by atoms with E-state index in [0.29, 0.717) is 0 Å². The van der Waals surface area contributed by atoms with Crippen molar-refractivity contribution in [3.8, 4) is 0 Å². The summed E-state index contributed by atoms with van der Waals surface area (Å²) in [5.74, 6) is -0.125. The summed E-state index contributed by atoms with van der Waals surface area (Å²) in [7, 11) is 0. The minimum absolute atomic E-state index is 0.0625. The Morgan fingerprint density at radius 2 is 1.23 bits per heavy atom. The summed E-state index contributed by atoms with van der Waals surface area (Å²) in [6.45, 7) is 2.81. The van der Waals surface area contributed by atoms with E-state index >= 15 is 0 Å².